The number of amides is 1. The number of hydrogen-bond donors (Lipinski definition) is 1. The van der Waals surface area contributed by atoms with Gasteiger partial charge in [-0.2, -0.15) is 0 Å². The number of nitrogens with zero attached hydrogens (tertiary/aromatic N) is 3. The lowest BCUT2D eigenvalue weighted by molar-refractivity contribution is 0.0773. The molecule has 20 heavy (non-hydrogen) atoms. The first-order valence-electron chi connectivity index (χ1n) is 6.82. The topological polar surface area (TPSA) is 61.9 Å². The van der Waals surface area contributed by atoms with E-state index in [0.29, 0.717) is 6.54 Å². The Balaban J connectivity index is 2.02. The molecule has 1 aromatic heterocycles. The van der Waals surface area contributed by atoms with Crippen LogP contribution >= 0.6 is 0 Å². The van der Waals surface area contributed by atoms with Gasteiger partial charge in [0.1, 0.15) is 5.82 Å². The van der Waals surface area contributed by atoms with Crippen LogP contribution in [0.25, 0.3) is 0 Å². The summed E-state index contributed by atoms with van der Waals surface area (Å²) in [4.78, 5) is 18.1. The highest BCUT2D eigenvalue weighted by Gasteiger charge is 2.17. The second-order valence-electron chi connectivity index (χ2n) is 5.00. The van der Waals surface area contributed by atoms with E-state index in [1.54, 1.807) is 11.9 Å². The van der Waals surface area contributed by atoms with Crippen LogP contribution < -0.4 is 0 Å². The molecular weight excluding hydrogens is 252 g/mol. The minimum Gasteiger partial charge on any atom is -0.335 e. The van der Waals surface area contributed by atoms with Gasteiger partial charge in [0.05, 0.1) is 0 Å². The van der Waals surface area contributed by atoms with Crippen molar-refractivity contribution in [3.8, 4) is 0 Å². The molecule has 1 aromatic carbocycles. The number of H-pyrrole nitrogens is 1. The largest absolute Gasteiger partial charge is 0.335 e. The normalized spacial score (nSPS) is 10.6. The lowest BCUT2D eigenvalue weighted by atomic mass is 10.1. The molecule has 0 unspecified atom stereocenters. The van der Waals surface area contributed by atoms with Crippen LogP contribution in [0.4, 0.5) is 0 Å². The standard InChI is InChI=1S/C15H20N4O/c1-4-5-13-16-14(18-17-13)15(20)19(3)10-12-8-6-11(2)7-9-12/h6-9H,4-5,10H2,1-3H3,(H,16,17,18). The summed E-state index contributed by atoms with van der Waals surface area (Å²) in [5, 5.41) is 6.79. The molecule has 1 heterocycles. The third-order valence-electron chi connectivity index (χ3n) is 3.10. The predicted molar refractivity (Wildman–Crippen MR) is 77.4 cm³/mol. The maximum absolute atomic E-state index is 12.2. The minimum absolute atomic E-state index is 0.163. The van der Waals surface area contributed by atoms with Gasteiger partial charge in [-0.1, -0.05) is 36.8 Å². The summed E-state index contributed by atoms with van der Waals surface area (Å²) in [7, 11) is 1.76. The van der Waals surface area contributed by atoms with Crippen LogP contribution in [0.1, 0.15) is 40.9 Å². The summed E-state index contributed by atoms with van der Waals surface area (Å²) in [5.41, 5.74) is 2.30. The number of benzene rings is 1. The van der Waals surface area contributed by atoms with Crippen molar-refractivity contribution in [1.29, 1.82) is 0 Å². The van der Waals surface area contributed by atoms with E-state index in [1.165, 1.54) is 5.56 Å². The fourth-order valence-corrected chi connectivity index (χ4v) is 1.95. The Labute approximate surface area is 119 Å². The van der Waals surface area contributed by atoms with Crippen molar-refractivity contribution in [3.05, 3.63) is 47.0 Å². The molecule has 5 nitrogen and oxygen atoms in total. The van der Waals surface area contributed by atoms with E-state index < -0.39 is 0 Å². The van der Waals surface area contributed by atoms with Gasteiger partial charge < -0.3 is 4.90 Å². The minimum atomic E-state index is -0.163. The zero-order valence-electron chi connectivity index (χ0n) is 12.2. The van der Waals surface area contributed by atoms with Crippen molar-refractivity contribution in [2.24, 2.45) is 0 Å². The van der Waals surface area contributed by atoms with E-state index in [0.717, 1.165) is 24.2 Å². The monoisotopic (exact) mass is 272 g/mol. The maximum atomic E-state index is 12.2. The van der Waals surface area contributed by atoms with Gasteiger partial charge in [0.2, 0.25) is 5.82 Å². The molecule has 0 radical (unpaired) electrons. The van der Waals surface area contributed by atoms with Crippen molar-refractivity contribution in [2.45, 2.75) is 33.2 Å². The zero-order valence-corrected chi connectivity index (χ0v) is 12.2. The molecule has 0 aliphatic rings. The van der Waals surface area contributed by atoms with Gasteiger partial charge >= 0.3 is 0 Å². The van der Waals surface area contributed by atoms with E-state index in [1.807, 2.05) is 31.2 Å². The zero-order chi connectivity index (χ0) is 14.5. The second-order valence-corrected chi connectivity index (χ2v) is 5.00. The summed E-state index contributed by atoms with van der Waals surface area (Å²) in [6, 6.07) is 8.14. The van der Waals surface area contributed by atoms with Crippen LogP contribution in [-0.4, -0.2) is 33.0 Å². The number of aromatic amines is 1. The second kappa shape index (κ2) is 6.32. The van der Waals surface area contributed by atoms with Gasteiger partial charge in [-0.15, -0.1) is 5.10 Å². The first-order valence-corrected chi connectivity index (χ1v) is 6.82. The van der Waals surface area contributed by atoms with Gasteiger partial charge in [-0.25, -0.2) is 4.98 Å². The maximum Gasteiger partial charge on any atom is 0.293 e. The van der Waals surface area contributed by atoms with Crippen molar-refractivity contribution in [2.75, 3.05) is 7.05 Å². The van der Waals surface area contributed by atoms with Gasteiger partial charge in [0, 0.05) is 20.0 Å². The van der Waals surface area contributed by atoms with Crippen molar-refractivity contribution in [3.63, 3.8) is 0 Å². The number of nitrogens with one attached hydrogen (secondary N) is 1. The summed E-state index contributed by atoms with van der Waals surface area (Å²) in [6.07, 6.45) is 1.78. The molecule has 1 amide bonds. The number of aryl methyl sites for hydroxylation is 2. The molecule has 0 spiro atoms. The lowest BCUT2D eigenvalue weighted by Gasteiger charge is -2.15. The Hall–Kier alpha value is -2.17. The summed E-state index contributed by atoms with van der Waals surface area (Å²) in [6.45, 7) is 4.66. The van der Waals surface area contributed by atoms with Crippen LogP contribution in [0.2, 0.25) is 0 Å². The third kappa shape index (κ3) is 3.44. The molecule has 2 rings (SSSR count). The Bertz CT molecular complexity index is 574. The highest BCUT2D eigenvalue weighted by molar-refractivity contribution is 5.90. The molecule has 1 N–H and O–H groups in total. The molecule has 0 aliphatic carbocycles. The fourth-order valence-electron chi connectivity index (χ4n) is 1.95. The molecule has 2 aromatic rings. The van der Waals surface area contributed by atoms with Crippen LogP contribution in [0.3, 0.4) is 0 Å². The Morgan fingerprint density at radius 1 is 1.30 bits per heavy atom. The van der Waals surface area contributed by atoms with Crippen LogP contribution in [-0.2, 0) is 13.0 Å². The lowest BCUT2D eigenvalue weighted by Crippen LogP contribution is -2.27. The van der Waals surface area contributed by atoms with Crippen molar-refractivity contribution >= 4 is 5.91 Å². The smallest absolute Gasteiger partial charge is 0.293 e. The van der Waals surface area contributed by atoms with Gasteiger partial charge in [0.15, 0.2) is 0 Å². The molecule has 106 valence electrons. The summed E-state index contributed by atoms with van der Waals surface area (Å²) < 4.78 is 0. The summed E-state index contributed by atoms with van der Waals surface area (Å²) in [5.74, 6) is 0.840. The number of hydrogen-bond acceptors (Lipinski definition) is 3. The van der Waals surface area contributed by atoms with Gasteiger partial charge in [-0.05, 0) is 18.9 Å². The first-order chi connectivity index (χ1) is 9.60. The highest BCUT2D eigenvalue weighted by atomic mass is 16.2. The Morgan fingerprint density at radius 2 is 2.00 bits per heavy atom. The molecule has 5 heteroatoms. The fraction of sp³-hybridized carbons (Fsp3) is 0.400. The van der Waals surface area contributed by atoms with Crippen molar-refractivity contribution < 1.29 is 4.79 Å². The van der Waals surface area contributed by atoms with Gasteiger partial charge in [-0.3, -0.25) is 9.89 Å². The molecule has 0 bridgehead atoms. The molecule has 0 saturated heterocycles. The molecule has 0 fully saturated rings. The van der Waals surface area contributed by atoms with E-state index in [4.69, 9.17) is 0 Å². The number of rotatable bonds is 5. The van der Waals surface area contributed by atoms with E-state index in [2.05, 4.69) is 22.1 Å². The highest BCUT2D eigenvalue weighted by Crippen LogP contribution is 2.08. The van der Waals surface area contributed by atoms with Crippen LogP contribution in [0.15, 0.2) is 24.3 Å². The van der Waals surface area contributed by atoms with Crippen LogP contribution in [0, 0.1) is 6.92 Å². The van der Waals surface area contributed by atoms with E-state index >= 15 is 0 Å². The molecule has 0 aliphatic heterocycles. The first kappa shape index (κ1) is 14.2. The van der Waals surface area contributed by atoms with E-state index in [9.17, 15) is 4.79 Å². The number of carbonyl (C=O) groups excluding carboxylic acids is 1. The molecule has 0 atom stereocenters. The average Bonchev–Trinajstić information content (AvgIpc) is 2.89. The van der Waals surface area contributed by atoms with Crippen molar-refractivity contribution in [1.82, 2.24) is 20.1 Å². The SMILES string of the molecule is CCCc1nc(C(=O)N(C)Cc2ccc(C)cc2)n[nH]1. The quantitative estimate of drug-likeness (QED) is 0.908. The van der Waals surface area contributed by atoms with Crippen LogP contribution in [0.5, 0.6) is 0 Å². The molecule has 0 saturated carbocycles. The third-order valence-corrected chi connectivity index (χ3v) is 3.10. The van der Waals surface area contributed by atoms with Gasteiger partial charge in [0.25, 0.3) is 5.91 Å². The summed E-state index contributed by atoms with van der Waals surface area (Å²) >= 11 is 0. The predicted octanol–water partition coefficient (Wildman–Crippen LogP) is 2.34. The molecular formula is C15H20N4O. The average molecular weight is 272 g/mol. The Morgan fingerprint density at radius 3 is 2.65 bits per heavy atom. The number of aromatic nitrogens is 3. The number of carbonyl (C=O) groups is 1. The van der Waals surface area contributed by atoms with E-state index in [-0.39, 0.29) is 11.7 Å². The Kier molecular flexibility index (Phi) is 4.50.